The summed E-state index contributed by atoms with van der Waals surface area (Å²) in [4.78, 5) is 41.5. The van der Waals surface area contributed by atoms with E-state index in [4.69, 9.17) is 9.47 Å². The summed E-state index contributed by atoms with van der Waals surface area (Å²) in [5.74, 6) is 0.862. The first-order valence-corrected chi connectivity index (χ1v) is 14.1. The maximum Gasteiger partial charge on any atom is 0.409 e. The summed E-state index contributed by atoms with van der Waals surface area (Å²) < 4.78 is 12.5. The van der Waals surface area contributed by atoms with Crippen LogP contribution in [0.4, 0.5) is 10.5 Å². The van der Waals surface area contributed by atoms with Gasteiger partial charge in [0, 0.05) is 37.9 Å². The van der Waals surface area contributed by atoms with Gasteiger partial charge in [-0.2, -0.15) is 5.10 Å². The number of carbonyl (C=O) groups excluding carboxylic acids is 3. The molecule has 0 bridgehead atoms. The highest BCUT2D eigenvalue weighted by molar-refractivity contribution is 6.04. The molecule has 1 unspecified atom stereocenters. The molecular formula is C31H39N5O5. The number of nitrogens with zero attached hydrogens (tertiary/aromatic N) is 4. The van der Waals surface area contributed by atoms with E-state index in [0.29, 0.717) is 62.3 Å². The zero-order chi connectivity index (χ0) is 29.5. The van der Waals surface area contributed by atoms with Crippen molar-refractivity contribution >= 4 is 23.6 Å². The molecular weight excluding hydrogens is 522 g/mol. The number of hydrogen-bond acceptors (Lipinski definition) is 6. The number of benzene rings is 2. The number of anilines is 1. The van der Waals surface area contributed by atoms with Crippen LogP contribution in [0.15, 0.2) is 54.7 Å². The lowest BCUT2D eigenvalue weighted by Gasteiger charge is -2.35. The highest BCUT2D eigenvalue weighted by atomic mass is 16.6. The van der Waals surface area contributed by atoms with Gasteiger partial charge >= 0.3 is 6.09 Å². The SMILES string of the molecule is CCOC(=O)N1CCN(C(=O)C(C)n2cc(NC(=O)c3cccc(COc4ccc(C(C)C)cc4)c3)c(C)n2)CC1. The van der Waals surface area contributed by atoms with Crippen molar-refractivity contribution < 1.29 is 23.9 Å². The summed E-state index contributed by atoms with van der Waals surface area (Å²) in [6, 6.07) is 14.8. The van der Waals surface area contributed by atoms with Crippen molar-refractivity contribution in [1.29, 1.82) is 0 Å². The minimum absolute atomic E-state index is 0.0968. The summed E-state index contributed by atoms with van der Waals surface area (Å²) in [5, 5.41) is 7.41. The second-order valence-corrected chi connectivity index (χ2v) is 10.5. The molecule has 4 rings (SSSR count). The Morgan fingerprint density at radius 1 is 0.976 bits per heavy atom. The minimum atomic E-state index is -0.566. The fraction of sp³-hybridized carbons (Fsp3) is 0.419. The Balaban J connectivity index is 1.34. The first-order chi connectivity index (χ1) is 19.7. The second kappa shape index (κ2) is 13.3. The fourth-order valence-electron chi connectivity index (χ4n) is 4.62. The number of rotatable bonds is 9. The molecule has 1 saturated heterocycles. The van der Waals surface area contributed by atoms with Crippen LogP contribution in [-0.4, -0.2) is 70.3 Å². The number of hydrogen-bond donors (Lipinski definition) is 1. The van der Waals surface area contributed by atoms with E-state index in [-0.39, 0.29) is 17.9 Å². The second-order valence-electron chi connectivity index (χ2n) is 10.5. The van der Waals surface area contributed by atoms with Crippen molar-refractivity contribution in [3.8, 4) is 5.75 Å². The molecule has 1 atom stereocenters. The Kier molecular flexibility index (Phi) is 9.65. The highest BCUT2D eigenvalue weighted by Gasteiger charge is 2.29. The summed E-state index contributed by atoms with van der Waals surface area (Å²) >= 11 is 0. The number of carbonyl (C=O) groups is 3. The molecule has 3 amide bonds. The van der Waals surface area contributed by atoms with Crippen molar-refractivity contribution in [1.82, 2.24) is 19.6 Å². The van der Waals surface area contributed by atoms with Crippen molar-refractivity contribution in [3.63, 3.8) is 0 Å². The Morgan fingerprint density at radius 3 is 2.32 bits per heavy atom. The number of piperazine rings is 1. The molecule has 218 valence electrons. The topological polar surface area (TPSA) is 106 Å². The van der Waals surface area contributed by atoms with E-state index in [1.54, 1.807) is 53.6 Å². The molecule has 1 aliphatic rings. The molecule has 0 saturated carbocycles. The first-order valence-electron chi connectivity index (χ1n) is 14.1. The summed E-state index contributed by atoms with van der Waals surface area (Å²) in [6.45, 7) is 12.0. The van der Waals surface area contributed by atoms with Gasteiger partial charge in [0.1, 0.15) is 18.4 Å². The molecule has 3 aromatic rings. The lowest BCUT2D eigenvalue weighted by atomic mass is 10.0. The molecule has 10 nitrogen and oxygen atoms in total. The Labute approximate surface area is 241 Å². The molecule has 2 heterocycles. The number of amides is 3. The third-order valence-electron chi connectivity index (χ3n) is 7.18. The van der Waals surface area contributed by atoms with Gasteiger partial charge in [0.2, 0.25) is 5.91 Å². The van der Waals surface area contributed by atoms with E-state index in [2.05, 4.69) is 36.4 Å². The van der Waals surface area contributed by atoms with Crippen molar-refractivity contribution in [3.05, 3.63) is 77.1 Å². The molecule has 0 aliphatic carbocycles. The molecule has 1 fully saturated rings. The van der Waals surface area contributed by atoms with Gasteiger partial charge in [-0.1, -0.05) is 38.1 Å². The maximum atomic E-state index is 13.1. The Morgan fingerprint density at radius 2 is 1.66 bits per heavy atom. The molecule has 10 heteroatoms. The summed E-state index contributed by atoms with van der Waals surface area (Å²) in [5.41, 5.74) is 3.77. The minimum Gasteiger partial charge on any atom is -0.489 e. The molecule has 0 spiro atoms. The van der Waals surface area contributed by atoms with E-state index in [1.807, 2.05) is 24.3 Å². The highest BCUT2D eigenvalue weighted by Crippen LogP contribution is 2.21. The van der Waals surface area contributed by atoms with E-state index in [1.165, 1.54) is 5.56 Å². The standard InChI is InChI=1S/C31H39N5O5/c1-6-40-31(39)35-16-14-34(15-17-35)30(38)23(5)36-19-28(22(4)33-36)32-29(37)26-9-7-8-24(18-26)20-41-27-12-10-25(11-13-27)21(2)3/h7-13,18-19,21,23H,6,14-17,20H2,1-5H3,(H,32,37). The summed E-state index contributed by atoms with van der Waals surface area (Å²) in [6.07, 6.45) is 1.32. The monoisotopic (exact) mass is 561 g/mol. The average Bonchev–Trinajstić information content (AvgIpc) is 3.35. The molecule has 2 aromatic carbocycles. The number of nitrogens with one attached hydrogen (secondary N) is 1. The van der Waals surface area contributed by atoms with Gasteiger partial charge in [0.05, 0.1) is 18.0 Å². The van der Waals surface area contributed by atoms with Crippen LogP contribution in [0.3, 0.4) is 0 Å². The average molecular weight is 562 g/mol. The van der Waals surface area contributed by atoms with Crippen molar-refractivity contribution in [2.45, 2.75) is 53.2 Å². The smallest absolute Gasteiger partial charge is 0.409 e. The van der Waals surface area contributed by atoms with Crippen LogP contribution in [0.1, 0.15) is 66.8 Å². The lowest BCUT2D eigenvalue weighted by molar-refractivity contribution is -0.136. The lowest BCUT2D eigenvalue weighted by Crippen LogP contribution is -2.52. The van der Waals surface area contributed by atoms with E-state index in [0.717, 1.165) is 11.3 Å². The van der Waals surface area contributed by atoms with Gasteiger partial charge in [0.25, 0.3) is 5.91 Å². The van der Waals surface area contributed by atoms with Crippen LogP contribution in [0, 0.1) is 6.92 Å². The Bertz CT molecular complexity index is 1360. The van der Waals surface area contributed by atoms with E-state index >= 15 is 0 Å². The van der Waals surface area contributed by atoms with Crippen LogP contribution in [-0.2, 0) is 16.1 Å². The molecule has 1 aliphatic heterocycles. The fourth-order valence-corrected chi connectivity index (χ4v) is 4.62. The van der Waals surface area contributed by atoms with Gasteiger partial charge in [-0.3, -0.25) is 14.3 Å². The van der Waals surface area contributed by atoms with Crippen molar-refractivity contribution in [2.75, 3.05) is 38.1 Å². The van der Waals surface area contributed by atoms with Gasteiger partial charge in [0.15, 0.2) is 0 Å². The quantitative estimate of drug-likeness (QED) is 0.394. The third kappa shape index (κ3) is 7.45. The van der Waals surface area contributed by atoms with E-state index in [9.17, 15) is 14.4 Å². The summed E-state index contributed by atoms with van der Waals surface area (Å²) in [7, 11) is 0. The first kappa shape index (κ1) is 29.6. The van der Waals surface area contributed by atoms with Crippen molar-refractivity contribution in [2.24, 2.45) is 0 Å². The van der Waals surface area contributed by atoms with Crippen LogP contribution in [0.5, 0.6) is 5.75 Å². The normalized spacial score (nSPS) is 14.1. The van der Waals surface area contributed by atoms with Crippen LogP contribution in [0.2, 0.25) is 0 Å². The molecule has 1 N–H and O–H groups in total. The number of aromatic nitrogens is 2. The number of aryl methyl sites for hydroxylation is 1. The predicted octanol–water partition coefficient (Wildman–Crippen LogP) is 5.01. The largest absolute Gasteiger partial charge is 0.489 e. The van der Waals surface area contributed by atoms with Crippen LogP contribution >= 0.6 is 0 Å². The third-order valence-corrected chi connectivity index (χ3v) is 7.18. The zero-order valence-electron chi connectivity index (χ0n) is 24.4. The molecule has 1 aromatic heterocycles. The van der Waals surface area contributed by atoms with Crippen LogP contribution in [0.25, 0.3) is 0 Å². The van der Waals surface area contributed by atoms with Gasteiger partial charge < -0.3 is 24.6 Å². The molecule has 0 radical (unpaired) electrons. The van der Waals surface area contributed by atoms with Gasteiger partial charge in [-0.15, -0.1) is 0 Å². The zero-order valence-corrected chi connectivity index (χ0v) is 24.4. The number of ether oxygens (including phenoxy) is 2. The Hall–Kier alpha value is -4.34. The maximum absolute atomic E-state index is 13.1. The van der Waals surface area contributed by atoms with Crippen LogP contribution < -0.4 is 10.1 Å². The predicted molar refractivity (Wildman–Crippen MR) is 156 cm³/mol. The van der Waals surface area contributed by atoms with E-state index < -0.39 is 6.04 Å². The van der Waals surface area contributed by atoms with Gasteiger partial charge in [-0.05, 0) is 62.1 Å². The van der Waals surface area contributed by atoms with Gasteiger partial charge in [-0.25, -0.2) is 4.79 Å². The molecule has 41 heavy (non-hydrogen) atoms.